The number of unbranched alkanes of at least 4 members (excludes halogenated alkanes) is 1. The van der Waals surface area contributed by atoms with Crippen molar-refractivity contribution in [3.8, 4) is 0 Å². The zero-order valence-corrected chi connectivity index (χ0v) is 15.1. The molecular formula is C22H29NO2. The number of carbonyl (C=O) groups is 1. The van der Waals surface area contributed by atoms with Crippen molar-refractivity contribution in [3.63, 3.8) is 0 Å². The fourth-order valence-corrected chi connectivity index (χ4v) is 2.81. The Morgan fingerprint density at radius 2 is 1.48 bits per heavy atom. The van der Waals surface area contributed by atoms with E-state index in [1.807, 2.05) is 36.4 Å². The fourth-order valence-electron chi connectivity index (χ4n) is 2.81. The molecule has 0 atom stereocenters. The number of nitrogens with one attached hydrogen (secondary N) is 1. The Hall–Kier alpha value is -2.13. The van der Waals surface area contributed by atoms with Crippen LogP contribution in [0.4, 0.5) is 0 Å². The average molecular weight is 339 g/mol. The van der Waals surface area contributed by atoms with Crippen LogP contribution in [0.2, 0.25) is 0 Å². The molecule has 2 rings (SSSR count). The van der Waals surface area contributed by atoms with Crippen LogP contribution in [0, 0.1) is 0 Å². The van der Waals surface area contributed by atoms with Crippen LogP contribution < -0.4 is 5.32 Å². The van der Waals surface area contributed by atoms with Gasteiger partial charge in [0.25, 0.3) is 0 Å². The maximum Gasteiger partial charge on any atom is 0.220 e. The van der Waals surface area contributed by atoms with Gasteiger partial charge in [-0.15, -0.1) is 0 Å². The van der Waals surface area contributed by atoms with Gasteiger partial charge in [0.15, 0.2) is 0 Å². The molecule has 1 amide bonds. The second-order valence-corrected chi connectivity index (χ2v) is 6.25. The third-order valence-electron chi connectivity index (χ3n) is 4.22. The number of hydrogen-bond donors (Lipinski definition) is 1. The van der Waals surface area contributed by atoms with Crippen molar-refractivity contribution in [2.24, 2.45) is 0 Å². The molecule has 1 N–H and O–H groups in total. The summed E-state index contributed by atoms with van der Waals surface area (Å²) in [6, 6.07) is 20.5. The van der Waals surface area contributed by atoms with Gasteiger partial charge in [-0.05, 0) is 24.0 Å². The Bertz CT molecular complexity index is 558. The van der Waals surface area contributed by atoms with Gasteiger partial charge < -0.3 is 10.1 Å². The van der Waals surface area contributed by atoms with Crippen molar-refractivity contribution in [1.29, 1.82) is 0 Å². The van der Waals surface area contributed by atoms with E-state index < -0.39 is 0 Å². The third-order valence-corrected chi connectivity index (χ3v) is 4.22. The molecule has 0 saturated carbocycles. The van der Waals surface area contributed by atoms with E-state index >= 15 is 0 Å². The van der Waals surface area contributed by atoms with Gasteiger partial charge in [0.05, 0.1) is 0 Å². The summed E-state index contributed by atoms with van der Waals surface area (Å²) in [6.07, 6.45) is 3.57. The highest BCUT2D eigenvalue weighted by molar-refractivity contribution is 5.77. The highest BCUT2D eigenvalue weighted by atomic mass is 16.5. The number of rotatable bonds is 11. The maximum absolute atomic E-state index is 12.4. The van der Waals surface area contributed by atoms with E-state index in [4.69, 9.17) is 4.74 Å². The minimum Gasteiger partial charge on any atom is -0.381 e. The van der Waals surface area contributed by atoms with Gasteiger partial charge in [-0.1, -0.05) is 74.0 Å². The summed E-state index contributed by atoms with van der Waals surface area (Å²) in [5, 5.41) is 3.02. The number of carbonyl (C=O) groups excluding carboxylic acids is 1. The summed E-state index contributed by atoms with van der Waals surface area (Å²) in [5.74, 6) is 0.175. The molecule has 25 heavy (non-hydrogen) atoms. The van der Waals surface area contributed by atoms with Crippen LogP contribution in [0.25, 0.3) is 0 Å². The van der Waals surface area contributed by atoms with Crippen molar-refractivity contribution in [2.45, 2.75) is 38.5 Å². The fraction of sp³-hybridized carbons (Fsp3) is 0.409. The molecule has 0 aliphatic heterocycles. The van der Waals surface area contributed by atoms with Gasteiger partial charge in [0.1, 0.15) is 0 Å². The van der Waals surface area contributed by atoms with Crippen LogP contribution in [0.5, 0.6) is 0 Å². The van der Waals surface area contributed by atoms with E-state index in [0.717, 1.165) is 25.9 Å². The van der Waals surface area contributed by atoms with E-state index in [9.17, 15) is 4.79 Å². The monoisotopic (exact) mass is 339 g/mol. The zero-order valence-electron chi connectivity index (χ0n) is 15.1. The van der Waals surface area contributed by atoms with Gasteiger partial charge in [-0.2, -0.15) is 0 Å². The first kappa shape index (κ1) is 19.2. The van der Waals surface area contributed by atoms with E-state index in [0.29, 0.717) is 19.6 Å². The molecule has 0 saturated heterocycles. The minimum atomic E-state index is 0.0863. The standard InChI is InChI=1S/C22H29NO2/c1-2-3-16-25-17-10-15-23-22(24)18-21(19-11-6-4-7-12-19)20-13-8-5-9-14-20/h4-9,11-14,21H,2-3,10,15-18H2,1H3,(H,23,24). The Balaban J connectivity index is 1.84. The molecule has 0 aliphatic carbocycles. The number of hydrogen-bond acceptors (Lipinski definition) is 2. The minimum absolute atomic E-state index is 0.0863. The number of ether oxygens (including phenoxy) is 1. The summed E-state index contributed by atoms with van der Waals surface area (Å²) in [4.78, 5) is 12.4. The molecule has 134 valence electrons. The van der Waals surface area contributed by atoms with Crippen molar-refractivity contribution >= 4 is 5.91 Å². The molecule has 0 radical (unpaired) electrons. The van der Waals surface area contributed by atoms with Crippen molar-refractivity contribution in [3.05, 3.63) is 71.8 Å². The number of amides is 1. The first-order valence-corrected chi connectivity index (χ1v) is 9.25. The normalized spacial score (nSPS) is 10.8. The van der Waals surface area contributed by atoms with Gasteiger partial charge in [-0.3, -0.25) is 4.79 Å². The highest BCUT2D eigenvalue weighted by Crippen LogP contribution is 2.27. The molecule has 0 fully saturated rings. The quantitative estimate of drug-likeness (QED) is 0.611. The van der Waals surface area contributed by atoms with Crippen LogP contribution in [0.15, 0.2) is 60.7 Å². The van der Waals surface area contributed by atoms with Crippen LogP contribution >= 0.6 is 0 Å². The molecule has 3 heteroatoms. The Morgan fingerprint density at radius 3 is 2.04 bits per heavy atom. The third kappa shape index (κ3) is 7.10. The van der Waals surface area contributed by atoms with Crippen molar-refractivity contribution in [1.82, 2.24) is 5.32 Å². The van der Waals surface area contributed by atoms with Gasteiger partial charge in [0, 0.05) is 32.1 Å². The predicted molar refractivity (Wildman–Crippen MR) is 103 cm³/mol. The van der Waals surface area contributed by atoms with Gasteiger partial charge >= 0.3 is 0 Å². The zero-order chi connectivity index (χ0) is 17.7. The first-order chi connectivity index (χ1) is 12.3. The summed E-state index contributed by atoms with van der Waals surface area (Å²) in [5.41, 5.74) is 2.35. The highest BCUT2D eigenvalue weighted by Gasteiger charge is 2.17. The van der Waals surface area contributed by atoms with Gasteiger partial charge in [0.2, 0.25) is 5.91 Å². The van der Waals surface area contributed by atoms with Crippen LogP contribution in [-0.4, -0.2) is 25.7 Å². The topological polar surface area (TPSA) is 38.3 Å². The molecular weight excluding hydrogens is 310 g/mol. The summed E-state index contributed by atoms with van der Waals surface area (Å²) < 4.78 is 5.52. The van der Waals surface area contributed by atoms with Crippen LogP contribution in [-0.2, 0) is 9.53 Å². The Kier molecular flexibility index (Phi) is 8.78. The molecule has 0 aromatic heterocycles. The van der Waals surface area contributed by atoms with Crippen LogP contribution in [0.1, 0.15) is 49.7 Å². The SMILES string of the molecule is CCCCOCCCNC(=O)CC(c1ccccc1)c1ccccc1. The largest absolute Gasteiger partial charge is 0.381 e. The molecule has 2 aromatic carbocycles. The molecule has 3 nitrogen and oxygen atoms in total. The van der Waals surface area contributed by atoms with E-state index in [1.54, 1.807) is 0 Å². The average Bonchev–Trinajstić information content (AvgIpc) is 2.67. The van der Waals surface area contributed by atoms with Crippen molar-refractivity contribution in [2.75, 3.05) is 19.8 Å². The second kappa shape index (κ2) is 11.4. The molecule has 0 heterocycles. The van der Waals surface area contributed by atoms with E-state index in [2.05, 4.69) is 36.5 Å². The molecule has 0 unspecified atom stereocenters. The lowest BCUT2D eigenvalue weighted by atomic mass is 9.88. The lowest BCUT2D eigenvalue weighted by Gasteiger charge is -2.18. The Morgan fingerprint density at radius 1 is 0.920 bits per heavy atom. The summed E-state index contributed by atoms with van der Waals surface area (Å²) in [6.45, 7) is 4.34. The second-order valence-electron chi connectivity index (χ2n) is 6.25. The first-order valence-electron chi connectivity index (χ1n) is 9.25. The Labute approximate surface area is 151 Å². The number of benzene rings is 2. The smallest absolute Gasteiger partial charge is 0.220 e. The molecule has 0 aliphatic rings. The van der Waals surface area contributed by atoms with E-state index in [1.165, 1.54) is 11.1 Å². The van der Waals surface area contributed by atoms with E-state index in [-0.39, 0.29) is 11.8 Å². The molecule has 0 bridgehead atoms. The molecule has 0 spiro atoms. The lowest BCUT2D eigenvalue weighted by Crippen LogP contribution is -2.27. The molecule has 2 aromatic rings. The maximum atomic E-state index is 12.4. The summed E-state index contributed by atoms with van der Waals surface area (Å²) in [7, 11) is 0. The lowest BCUT2D eigenvalue weighted by molar-refractivity contribution is -0.121. The van der Waals surface area contributed by atoms with Crippen LogP contribution in [0.3, 0.4) is 0 Å². The van der Waals surface area contributed by atoms with Gasteiger partial charge in [-0.25, -0.2) is 0 Å². The predicted octanol–water partition coefficient (Wildman–Crippen LogP) is 4.53. The van der Waals surface area contributed by atoms with Crippen molar-refractivity contribution < 1.29 is 9.53 Å². The summed E-state index contributed by atoms with van der Waals surface area (Å²) >= 11 is 0.